The molecule has 0 aromatic heterocycles. The van der Waals surface area contributed by atoms with Crippen LogP contribution in [0, 0.1) is 10.8 Å². The van der Waals surface area contributed by atoms with Gasteiger partial charge in [-0.05, 0) is 17.3 Å². The highest BCUT2D eigenvalue weighted by molar-refractivity contribution is 4.80. The van der Waals surface area contributed by atoms with E-state index in [4.69, 9.17) is 0 Å². The van der Waals surface area contributed by atoms with Crippen LogP contribution in [0.3, 0.4) is 0 Å². The summed E-state index contributed by atoms with van der Waals surface area (Å²) >= 11 is 0. The first kappa shape index (κ1) is 19.6. The molecule has 0 aromatic carbocycles. The molecule has 0 N–H and O–H groups in total. The highest BCUT2D eigenvalue weighted by Crippen LogP contribution is 2.41. The van der Waals surface area contributed by atoms with Gasteiger partial charge in [0.15, 0.2) is 0 Å². The van der Waals surface area contributed by atoms with Crippen molar-refractivity contribution in [2.45, 2.75) is 82.1 Å². The topological polar surface area (TPSA) is 0 Å². The van der Waals surface area contributed by atoms with E-state index in [1.54, 1.807) is 0 Å². The Morgan fingerprint density at radius 3 is 1.07 bits per heavy atom. The molecule has 0 unspecified atom stereocenters. The number of hydrogen-bond acceptors (Lipinski definition) is 0. The standard InChI is InChI=1S/C12H26.2CH4/c1-7-12(8-2,9-3)10-11(4,5)6;;/h7-10H2,1-6H3;2*1H4. The van der Waals surface area contributed by atoms with Gasteiger partial charge in [-0.25, -0.2) is 0 Å². The minimum absolute atomic E-state index is 0. The van der Waals surface area contributed by atoms with Gasteiger partial charge in [0.1, 0.15) is 0 Å². The zero-order chi connectivity index (χ0) is 9.83. The summed E-state index contributed by atoms with van der Waals surface area (Å²) in [6, 6.07) is 0. The van der Waals surface area contributed by atoms with Crippen LogP contribution in [0.5, 0.6) is 0 Å². The van der Waals surface area contributed by atoms with Crippen molar-refractivity contribution in [1.29, 1.82) is 0 Å². The average molecular weight is 202 g/mol. The van der Waals surface area contributed by atoms with Crippen molar-refractivity contribution in [2.75, 3.05) is 0 Å². The molecule has 14 heavy (non-hydrogen) atoms. The van der Waals surface area contributed by atoms with Crippen LogP contribution < -0.4 is 0 Å². The van der Waals surface area contributed by atoms with Crippen LogP contribution in [-0.2, 0) is 0 Å². The summed E-state index contributed by atoms with van der Waals surface area (Å²) < 4.78 is 0. The molecule has 0 aliphatic carbocycles. The van der Waals surface area contributed by atoms with E-state index in [2.05, 4.69) is 41.5 Å². The van der Waals surface area contributed by atoms with Crippen molar-refractivity contribution in [2.24, 2.45) is 10.8 Å². The number of rotatable bonds is 4. The third kappa shape index (κ3) is 6.45. The molecule has 0 aliphatic rings. The fourth-order valence-electron chi connectivity index (χ4n) is 2.25. The van der Waals surface area contributed by atoms with Gasteiger partial charge in [0.2, 0.25) is 0 Å². The lowest BCUT2D eigenvalue weighted by Crippen LogP contribution is -2.24. The molecule has 0 atom stereocenters. The van der Waals surface area contributed by atoms with Crippen LogP contribution in [0.15, 0.2) is 0 Å². The van der Waals surface area contributed by atoms with E-state index in [1.165, 1.54) is 25.7 Å². The monoisotopic (exact) mass is 202 g/mol. The molecule has 0 nitrogen and oxygen atoms in total. The lowest BCUT2D eigenvalue weighted by Gasteiger charge is -2.36. The Bertz CT molecular complexity index is 104. The zero-order valence-electron chi connectivity index (χ0n) is 9.83. The minimum Gasteiger partial charge on any atom is -0.0776 e. The van der Waals surface area contributed by atoms with Crippen molar-refractivity contribution >= 4 is 0 Å². The lowest BCUT2D eigenvalue weighted by atomic mass is 9.69. The van der Waals surface area contributed by atoms with Crippen LogP contribution in [0.2, 0.25) is 0 Å². The molecule has 0 heteroatoms. The fraction of sp³-hybridized carbons (Fsp3) is 1.00. The lowest BCUT2D eigenvalue weighted by molar-refractivity contribution is 0.149. The second-order valence-corrected chi connectivity index (χ2v) is 5.30. The maximum Gasteiger partial charge on any atom is -0.0300 e. The SMILES string of the molecule is C.C.CCC(CC)(CC)CC(C)(C)C. The molecule has 0 rings (SSSR count). The van der Waals surface area contributed by atoms with E-state index in [9.17, 15) is 0 Å². The molecular weight excluding hydrogens is 168 g/mol. The van der Waals surface area contributed by atoms with Crippen LogP contribution >= 0.6 is 0 Å². The van der Waals surface area contributed by atoms with Gasteiger partial charge in [0, 0.05) is 0 Å². The maximum absolute atomic E-state index is 2.35. The highest BCUT2D eigenvalue weighted by Gasteiger charge is 2.29. The Morgan fingerprint density at radius 2 is 1.00 bits per heavy atom. The molecule has 0 heterocycles. The third-order valence-corrected chi connectivity index (χ3v) is 3.16. The van der Waals surface area contributed by atoms with Crippen LogP contribution in [0.1, 0.15) is 82.1 Å². The van der Waals surface area contributed by atoms with Gasteiger partial charge >= 0.3 is 0 Å². The first-order valence-corrected chi connectivity index (χ1v) is 5.39. The van der Waals surface area contributed by atoms with E-state index >= 15 is 0 Å². The third-order valence-electron chi connectivity index (χ3n) is 3.16. The molecule has 0 bridgehead atoms. The second-order valence-electron chi connectivity index (χ2n) is 5.30. The molecule has 0 aromatic rings. The van der Waals surface area contributed by atoms with Crippen molar-refractivity contribution < 1.29 is 0 Å². The van der Waals surface area contributed by atoms with E-state index in [0.717, 1.165) is 0 Å². The van der Waals surface area contributed by atoms with Gasteiger partial charge in [0.25, 0.3) is 0 Å². The summed E-state index contributed by atoms with van der Waals surface area (Å²) in [5, 5.41) is 0. The van der Waals surface area contributed by atoms with Crippen LogP contribution in [-0.4, -0.2) is 0 Å². The predicted octanol–water partition coefficient (Wildman–Crippen LogP) is 5.91. The van der Waals surface area contributed by atoms with Crippen molar-refractivity contribution in [1.82, 2.24) is 0 Å². The summed E-state index contributed by atoms with van der Waals surface area (Å²) in [7, 11) is 0. The second kappa shape index (κ2) is 7.31. The highest BCUT2D eigenvalue weighted by atomic mass is 14.3. The Kier molecular flexibility index (Phi) is 10.2. The van der Waals surface area contributed by atoms with Crippen molar-refractivity contribution in [3.05, 3.63) is 0 Å². The Hall–Kier alpha value is 0. The van der Waals surface area contributed by atoms with Crippen LogP contribution in [0.4, 0.5) is 0 Å². The molecule has 0 saturated carbocycles. The van der Waals surface area contributed by atoms with E-state index in [-0.39, 0.29) is 14.9 Å². The molecule has 0 radical (unpaired) electrons. The van der Waals surface area contributed by atoms with Gasteiger partial charge in [-0.2, -0.15) is 0 Å². The Balaban J connectivity index is -0.000000605. The molecule has 90 valence electrons. The van der Waals surface area contributed by atoms with Gasteiger partial charge < -0.3 is 0 Å². The van der Waals surface area contributed by atoms with E-state index in [0.29, 0.717) is 10.8 Å². The summed E-state index contributed by atoms with van der Waals surface area (Å²) in [6.07, 6.45) is 5.36. The summed E-state index contributed by atoms with van der Waals surface area (Å²) in [5.74, 6) is 0. The van der Waals surface area contributed by atoms with Gasteiger partial charge in [-0.1, -0.05) is 75.7 Å². The van der Waals surface area contributed by atoms with Crippen LogP contribution in [0.25, 0.3) is 0 Å². The van der Waals surface area contributed by atoms with E-state index < -0.39 is 0 Å². The van der Waals surface area contributed by atoms with Crippen molar-refractivity contribution in [3.63, 3.8) is 0 Å². The largest absolute Gasteiger partial charge is 0.0776 e. The molecule has 0 aliphatic heterocycles. The molecular formula is C14H34. The Morgan fingerprint density at radius 1 is 0.714 bits per heavy atom. The normalized spacial score (nSPS) is 11.6. The molecule has 0 saturated heterocycles. The molecule has 0 amide bonds. The average Bonchev–Trinajstić information content (AvgIpc) is 1.99. The quantitative estimate of drug-likeness (QED) is 0.531. The minimum atomic E-state index is 0. The molecule has 0 spiro atoms. The first-order valence-electron chi connectivity index (χ1n) is 5.39. The number of hydrogen-bond donors (Lipinski definition) is 0. The van der Waals surface area contributed by atoms with Gasteiger partial charge in [-0.15, -0.1) is 0 Å². The fourth-order valence-corrected chi connectivity index (χ4v) is 2.25. The predicted molar refractivity (Wildman–Crippen MR) is 70.8 cm³/mol. The zero-order valence-corrected chi connectivity index (χ0v) is 9.83. The smallest absolute Gasteiger partial charge is 0.0300 e. The van der Waals surface area contributed by atoms with Gasteiger partial charge in [-0.3, -0.25) is 0 Å². The summed E-state index contributed by atoms with van der Waals surface area (Å²) in [4.78, 5) is 0. The maximum atomic E-state index is 2.35. The van der Waals surface area contributed by atoms with E-state index in [1.807, 2.05) is 0 Å². The Labute approximate surface area is 93.5 Å². The summed E-state index contributed by atoms with van der Waals surface area (Å²) in [6.45, 7) is 14.0. The van der Waals surface area contributed by atoms with Crippen molar-refractivity contribution in [3.8, 4) is 0 Å². The van der Waals surface area contributed by atoms with Gasteiger partial charge in [0.05, 0.1) is 0 Å². The first-order chi connectivity index (χ1) is 5.39. The summed E-state index contributed by atoms with van der Waals surface area (Å²) in [5.41, 5.74) is 1.10. The molecule has 0 fully saturated rings.